The molecule has 3 rings (SSSR count). The molecule has 27 heavy (non-hydrogen) atoms. The second-order valence-corrected chi connectivity index (χ2v) is 6.92. The Balaban J connectivity index is 1.27. The van der Waals surface area contributed by atoms with Crippen LogP contribution in [0.25, 0.3) is 0 Å². The molecule has 1 atom stereocenters. The van der Waals surface area contributed by atoms with Gasteiger partial charge in [0.05, 0.1) is 12.6 Å². The number of hydrogen-bond donors (Lipinski definition) is 1. The molecule has 1 aliphatic heterocycles. The number of carbonyl (C=O) groups is 1. The molecule has 2 aromatic rings. The van der Waals surface area contributed by atoms with Crippen LogP contribution in [0, 0.1) is 0 Å². The zero-order valence-corrected chi connectivity index (χ0v) is 15.8. The molecule has 5 nitrogen and oxygen atoms in total. The number of ether oxygens (including phenoxy) is 1. The number of amides is 2. The molecule has 2 amide bonds. The molecule has 2 heterocycles. The fraction of sp³-hybridized carbons (Fsp3) is 0.455. The van der Waals surface area contributed by atoms with Gasteiger partial charge in [0.15, 0.2) is 0 Å². The zero-order valence-electron chi connectivity index (χ0n) is 15.8. The average Bonchev–Trinajstić information content (AvgIpc) is 3.21. The number of nitrogens with zero attached hydrogens (tertiary/aromatic N) is 2. The molecule has 1 fully saturated rings. The molecule has 0 unspecified atom stereocenters. The van der Waals surface area contributed by atoms with Crippen LogP contribution in [0.3, 0.4) is 0 Å². The summed E-state index contributed by atoms with van der Waals surface area (Å²) >= 11 is 0. The van der Waals surface area contributed by atoms with Gasteiger partial charge in [0.25, 0.3) is 0 Å². The molecule has 144 valence electrons. The van der Waals surface area contributed by atoms with Gasteiger partial charge >= 0.3 is 6.03 Å². The van der Waals surface area contributed by atoms with E-state index in [-0.39, 0.29) is 12.1 Å². The Labute approximate surface area is 161 Å². The highest BCUT2D eigenvalue weighted by Gasteiger charge is 2.29. The predicted molar refractivity (Wildman–Crippen MR) is 107 cm³/mol. The Morgan fingerprint density at radius 2 is 1.93 bits per heavy atom. The highest BCUT2D eigenvalue weighted by Crippen LogP contribution is 2.31. The van der Waals surface area contributed by atoms with Crippen molar-refractivity contribution in [2.24, 2.45) is 0 Å². The number of likely N-dealkylation sites (tertiary alicyclic amines) is 1. The number of hydrogen-bond acceptors (Lipinski definition) is 3. The van der Waals surface area contributed by atoms with Crippen molar-refractivity contribution >= 4 is 6.03 Å². The van der Waals surface area contributed by atoms with E-state index in [1.165, 1.54) is 11.1 Å². The number of rotatable bonds is 9. The second-order valence-electron chi connectivity index (χ2n) is 6.92. The Bertz CT molecular complexity index is 678. The summed E-state index contributed by atoms with van der Waals surface area (Å²) in [6, 6.07) is 14.6. The highest BCUT2D eigenvalue weighted by atomic mass is 16.5. The number of aromatic nitrogens is 1. The molecule has 1 aliphatic rings. The van der Waals surface area contributed by atoms with E-state index in [2.05, 4.69) is 34.6 Å². The van der Waals surface area contributed by atoms with Gasteiger partial charge in [-0.05, 0) is 55.4 Å². The van der Waals surface area contributed by atoms with E-state index in [1.54, 1.807) is 12.4 Å². The minimum absolute atomic E-state index is 0.0410. The normalized spacial score (nSPS) is 16.4. The lowest BCUT2D eigenvalue weighted by Crippen LogP contribution is -2.39. The lowest BCUT2D eigenvalue weighted by Gasteiger charge is -2.25. The Hall–Kier alpha value is -2.40. The van der Waals surface area contributed by atoms with Crippen molar-refractivity contribution in [3.63, 3.8) is 0 Å². The van der Waals surface area contributed by atoms with Crippen LogP contribution in [0.2, 0.25) is 0 Å². The summed E-state index contributed by atoms with van der Waals surface area (Å²) in [6.07, 6.45) is 8.50. The minimum atomic E-state index is 0.0410. The first-order valence-corrected chi connectivity index (χ1v) is 9.90. The summed E-state index contributed by atoms with van der Waals surface area (Å²) in [5.41, 5.74) is 2.48. The molecule has 1 aromatic heterocycles. The zero-order chi connectivity index (χ0) is 18.7. The molecule has 1 aromatic carbocycles. The molecule has 0 bridgehead atoms. The molecule has 0 spiro atoms. The van der Waals surface area contributed by atoms with E-state index in [4.69, 9.17) is 4.74 Å². The van der Waals surface area contributed by atoms with Gasteiger partial charge in [-0.1, -0.05) is 30.3 Å². The lowest BCUT2D eigenvalue weighted by atomic mass is 10.1. The van der Waals surface area contributed by atoms with Crippen molar-refractivity contribution in [1.82, 2.24) is 15.2 Å². The summed E-state index contributed by atoms with van der Waals surface area (Å²) in [6.45, 7) is 3.01. The van der Waals surface area contributed by atoms with Gasteiger partial charge in [-0.2, -0.15) is 0 Å². The Morgan fingerprint density at radius 1 is 1.11 bits per heavy atom. The van der Waals surface area contributed by atoms with Crippen molar-refractivity contribution in [2.45, 2.75) is 38.1 Å². The van der Waals surface area contributed by atoms with Gasteiger partial charge in [-0.25, -0.2) is 4.79 Å². The summed E-state index contributed by atoms with van der Waals surface area (Å²) in [4.78, 5) is 18.5. The number of carbonyl (C=O) groups excluding carboxylic acids is 1. The minimum Gasteiger partial charge on any atom is -0.381 e. The van der Waals surface area contributed by atoms with Crippen LogP contribution < -0.4 is 5.32 Å². The van der Waals surface area contributed by atoms with Gasteiger partial charge in [0.1, 0.15) is 0 Å². The van der Waals surface area contributed by atoms with Gasteiger partial charge in [-0.3, -0.25) is 4.98 Å². The smallest absolute Gasteiger partial charge is 0.317 e. The predicted octanol–water partition coefficient (Wildman–Crippen LogP) is 3.97. The number of pyridine rings is 1. The van der Waals surface area contributed by atoms with E-state index in [1.807, 2.05) is 23.1 Å². The van der Waals surface area contributed by atoms with Crippen LogP contribution in [-0.2, 0) is 11.2 Å². The number of urea groups is 1. The maximum Gasteiger partial charge on any atom is 0.317 e. The van der Waals surface area contributed by atoms with E-state index < -0.39 is 0 Å². The van der Waals surface area contributed by atoms with E-state index in [9.17, 15) is 4.79 Å². The molecule has 0 aliphatic carbocycles. The van der Waals surface area contributed by atoms with Crippen LogP contribution >= 0.6 is 0 Å². The first kappa shape index (κ1) is 19.4. The summed E-state index contributed by atoms with van der Waals surface area (Å²) < 4.78 is 5.69. The Morgan fingerprint density at radius 3 is 2.74 bits per heavy atom. The third-order valence-electron chi connectivity index (χ3n) is 4.97. The number of benzene rings is 1. The standard InChI is InChI=1S/C22H29N3O2/c26-22(25-16-6-9-21(25)20-10-14-23-15-11-20)24-13-4-5-17-27-18-12-19-7-2-1-3-8-19/h1-3,7-8,10-11,14-15,21H,4-6,9,12-13,16-18H2,(H,24,26)/t21-/m0/s1. The fourth-order valence-electron chi connectivity index (χ4n) is 3.50. The fourth-order valence-corrected chi connectivity index (χ4v) is 3.50. The molecule has 5 heteroatoms. The monoisotopic (exact) mass is 367 g/mol. The third kappa shape index (κ3) is 6.07. The molecule has 0 radical (unpaired) electrons. The van der Waals surface area contributed by atoms with Crippen LogP contribution in [0.5, 0.6) is 0 Å². The van der Waals surface area contributed by atoms with Crippen molar-refractivity contribution in [3.8, 4) is 0 Å². The van der Waals surface area contributed by atoms with Crippen LogP contribution in [0.4, 0.5) is 4.79 Å². The first-order valence-electron chi connectivity index (χ1n) is 9.90. The second kappa shape index (κ2) is 10.7. The summed E-state index contributed by atoms with van der Waals surface area (Å²) in [7, 11) is 0. The van der Waals surface area contributed by atoms with Crippen LogP contribution in [-0.4, -0.2) is 42.2 Å². The van der Waals surface area contributed by atoms with Crippen molar-refractivity contribution < 1.29 is 9.53 Å². The van der Waals surface area contributed by atoms with E-state index in [0.717, 1.165) is 51.9 Å². The number of unbranched alkanes of at least 4 members (excludes halogenated alkanes) is 1. The summed E-state index contributed by atoms with van der Waals surface area (Å²) in [5, 5.41) is 3.06. The summed E-state index contributed by atoms with van der Waals surface area (Å²) in [5.74, 6) is 0. The third-order valence-corrected chi connectivity index (χ3v) is 4.97. The van der Waals surface area contributed by atoms with Crippen molar-refractivity contribution in [3.05, 3.63) is 66.0 Å². The van der Waals surface area contributed by atoms with E-state index >= 15 is 0 Å². The number of nitrogens with one attached hydrogen (secondary N) is 1. The molecule has 1 N–H and O–H groups in total. The largest absolute Gasteiger partial charge is 0.381 e. The van der Waals surface area contributed by atoms with Crippen molar-refractivity contribution in [2.75, 3.05) is 26.3 Å². The molecular weight excluding hydrogens is 338 g/mol. The first-order chi connectivity index (χ1) is 13.3. The van der Waals surface area contributed by atoms with Crippen LogP contribution in [0.15, 0.2) is 54.9 Å². The van der Waals surface area contributed by atoms with Crippen molar-refractivity contribution in [1.29, 1.82) is 0 Å². The van der Waals surface area contributed by atoms with Gasteiger partial charge in [-0.15, -0.1) is 0 Å². The quantitative estimate of drug-likeness (QED) is 0.683. The molecule has 0 saturated carbocycles. The lowest BCUT2D eigenvalue weighted by molar-refractivity contribution is 0.133. The maximum absolute atomic E-state index is 12.5. The maximum atomic E-state index is 12.5. The molecular formula is C22H29N3O2. The SMILES string of the molecule is O=C(NCCCCOCCc1ccccc1)N1CCC[C@H]1c1ccncc1. The topological polar surface area (TPSA) is 54.5 Å². The molecule has 1 saturated heterocycles. The van der Waals surface area contributed by atoms with Gasteiger partial charge < -0.3 is 15.0 Å². The van der Waals surface area contributed by atoms with Gasteiger partial charge in [0.2, 0.25) is 0 Å². The Kier molecular flexibility index (Phi) is 7.66. The van der Waals surface area contributed by atoms with E-state index in [0.29, 0.717) is 6.54 Å². The van der Waals surface area contributed by atoms with Gasteiger partial charge in [0, 0.05) is 32.1 Å². The van der Waals surface area contributed by atoms with Crippen LogP contribution in [0.1, 0.15) is 42.9 Å². The average molecular weight is 367 g/mol. The highest BCUT2D eigenvalue weighted by molar-refractivity contribution is 5.75.